The quantitative estimate of drug-likeness (QED) is 0.439. The standard InChI is InChI=1S/C22H21N3O4S/c1-14-17(24-21(29-14)16-7-3-2-4-8-16)13-28-19-11-10-15(12-23-19)6-5-9-18-20(26)25-22(27)30-18/h2-4,7-8,10-12,26H,5-6,9,13H2,1H3,(H,25,27). The highest BCUT2D eigenvalue weighted by molar-refractivity contribution is 7.09. The van der Waals surface area contributed by atoms with E-state index in [2.05, 4.69) is 15.0 Å². The number of H-pyrrole nitrogens is 1. The lowest BCUT2D eigenvalue weighted by molar-refractivity contribution is 0.287. The highest BCUT2D eigenvalue weighted by Gasteiger charge is 2.12. The number of aromatic amines is 1. The number of rotatable bonds is 8. The molecule has 0 aliphatic carbocycles. The summed E-state index contributed by atoms with van der Waals surface area (Å²) in [6, 6.07) is 13.5. The molecular formula is C22H21N3O4S. The Hall–Kier alpha value is -3.39. The molecule has 1 aromatic carbocycles. The Kier molecular flexibility index (Phi) is 5.94. The molecule has 0 atom stereocenters. The second-order valence-electron chi connectivity index (χ2n) is 6.82. The fraction of sp³-hybridized carbons (Fsp3) is 0.227. The van der Waals surface area contributed by atoms with Gasteiger partial charge in [-0.3, -0.25) is 9.78 Å². The van der Waals surface area contributed by atoms with Gasteiger partial charge in [0.05, 0.1) is 4.88 Å². The maximum atomic E-state index is 11.2. The Bertz CT molecular complexity index is 1160. The van der Waals surface area contributed by atoms with Gasteiger partial charge >= 0.3 is 4.87 Å². The number of thiazole rings is 1. The molecule has 0 aliphatic rings. The minimum Gasteiger partial charge on any atom is -0.494 e. The van der Waals surface area contributed by atoms with Crippen molar-refractivity contribution >= 4 is 11.3 Å². The van der Waals surface area contributed by atoms with Gasteiger partial charge in [-0.25, -0.2) is 9.97 Å². The summed E-state index contributed by atoms with van der Waals surface area (Å²) in [4.78, 5) is 22.9. The van der Waals surface area contributed by atoms with Gasteiger partial charge in [-0.15, -0.1) is 0 Å². The fourth-order valence-electron chi connectivity index (χ4n) is 3.03. The van der Waals surface area contributed by atoms with Gasteiger partial charge in [0.2, 0.25) is 17.7 Å². The lowest BCUT2D eigenvalue weighted by Crippen LogP contribution is -1.99. The summed E-state index contributed by atoms with van der Waals surface area (Å²) in [5.74, 6) is 1.80. The van der Waals surface area contributed by atoms with Gasteiger partial charge in [0.25, 0.3) is 0 Å². The van der Waals surface area contributed by atoms with E-state index < -0.39 is 0 Å². The van der Waals surface area contributed by atoms with Crippen molar-refractivity contribution in [3.8, 4) is 23.2 Å². The molecule has 0 fully saturated rings. The van der Waals surface area contributed by atoms with Crippen LogP contribution in [0.3, 0.4) is 0 Å². The molecule has 0 aliphatic heterocycles. The molecule has 7 nitrogen and oxygen atoms in total. The average Bonchev–Trinajstić information content (AvgIpc) is 3.29. The number of oxazole rings is 1. The Morgan fingerprint density at radius 1 is 1.17 bits per heavy atom. The van der Waals surface area contributed by atoms with Gasteiger partial charge < -0.3 is 14.3 Å². The van der Waals surface area contributed by atoms with Crippen LogP contribution in [0.25, 0.3) is 11.5 Å². The molecule has 4 rings (SSSR count). The number of aryl methyl sites for hydroxylation is 3. The smallest absolute Gasteiger partial charge is 0.307 e. The van der Waals surface area contributed by atoms with Crippen molar-refractivity contribution in [3.63, 3.8) is 0 Å². The second-order valence-corrected chi connectivity index (χ2v) is 7.89. The summed E-state index contributed by atoms with van der Waals surface area (Å²) in [5, 5.41) is 9.62. The monoisotopic (exact) mass is 423 g/mol. The summed E-state index contributed by atoms with van der Waals surface area (Å²) in [6.07, 6.45) is 4.02. The molecule has 30 heavy (non-hydrogen) atoms. The van der Waals surface area contributed by atoms with Crippen LogP contribution in [-0.2, 0) is 19.4 Å². The third-order valence-corrected chi connectivity index (χ3v) is 5.57. The van der Waals surface area contributed by atoms with Crippen LogP contribution >= 0.6 is 11.3 Å². The molecule has 4 aromatic rings. The third kappa shape index (κ3) is 4.77. The molecule has 0 amide bonds. The molecule has 8 heteroatoms. The first-order chi connectivity index (χ1) is 14.6. The van der Waals surface area contributed by atoms with E-state index in [-0.39, 0.29) is 17.4 Å². The van der Waals surface area contributed by atoms with E-state index >= 15 is 0 Å². The highest BCUT2D eigenvalue weighted by atomic mass is 32.1. The average molecular weight is 423 g/mol. The van der Waals surface area contributed by atoms with E-state index in [1.54, 1.807) is 6.20 Å². The molecular weight excluding hydrogens is 402 g/mol. The molecule has 0 radical (unpaired) electrons. The first-order valence-electron chi connectivity index (χ1n) is 9.59. The SMILES string of the molecule is Cc1oc(-c2ccccc2)nc1COc1ccc(CCCc2sc(=O)[nH]c2O)cn1. The minimum atomic E-state index is -0.232. The lowest BCUT2D eigenvalue weighted by atomic mass is 10.1. The Morgan fingerprint density at radius 2 is 2.00 bits per heavy atom. The summed E-state index contributed by atoms with van der Waals surface area (Å²) in [5.41, 5.74) is 2.73. The third-order valence-electron chi connectivity index (χ3n) is 4.64. The van der Waals surface area contributed by atoms with Crippen molar-refractivity contribution in [2.75, 3.05) is 0 Å². The van der Waals surface area contributed by atoms with Crippen LogP contribution in [0.1, 0.15) is 28.3 Å². The molecule has 3 heterocycles. The topological polar surface area (TPSA) is 101 Å². The van der Waals surface area contributed by atoms with Gasteiger partial charge in [-0.2, -0.15) is 0 Å². The number of nitrogens with one attached hydrogen (secondary N) is 1. The Balaban J connectivity index is 1.30. The van der Waals surface area contributed by atoms with E-state index in [9.17, 15) is 9.90 Å². The van der Waals surface area contributed by atoms with Crippen molar-refractivity contribution < 1.29 is 14.3 Å². The van der Waals surface area contributed by atoms with Crippen LogP contribution in [0.4, 0.5) is 0 Å². The Labute approximate surface area is 177 Å². The predicted molar refractivity (Wildman–Crippen MR) is 114 cm³/mol. The molecule has 0 saturated carbocycles. The predicted octanol–water partition coefficient (Wildman–Crippen LogP) is 4.25. The number of hydrogen-bond acceptors (Lipinski definition) is 7. The molecule has 0 spiro atoms. The van der Waals surface area contributed by atoms with Crippen LogP contribution in [0.15, 0.2) is 57.9 Å². The zero-order valence-corrected chi connectivity index (χ0v) is 17.2. The van der Waals surface area contributed by atoms with Crippen LogP contribution in [0.5, 0.6) is 11.8 Å². The molecule has 0 bridgehead atoms. The van der Waals surface area contributed by atoms with Crippen molar-refractivity contribution in [3.05, 3.63) is 80.2 Å². The molecule has 2 N–H and O–H groups in total. The maximum absolute atomic E-state index is 11.2. The van der Waals surface area contributed by atoms with Crippen molar-refractivity contribution in [2.24, 2.45) is 0 Å². The first-order valence-corrected chi connectivity index (χ1v) is 10.4. The Morgan fingerprint density at radius 3 is 2.70 bits per heavy atom. The minimum absolute atomic E-state index is 0.0227. The summed E-state index contributed by atoms with van der Waals surface area (Å²) in [6.45, 7) is 2.15. The van der Waals surface area contributed by atoms with E-state index in [1.807, 2.05) is 49.4 Å². The summed E-state index contributed by atoms with van der Waals surface area (Å²) >= 11 is 1.05. The van der Waals surface area contributed by atoms with E-state index in [4.69, 9.17) is 9.15 Å². The number of benzene rings is 1. The van der Waals surface area contributed by atoms with Crippen molar-refractivity contribution in [1.82, 2.24) is 15.0 Å². The number of pyridine rings is 1. The molecule has 0 saturated heterocycles. The van der Waals surface area contributed by atoms with Gasteiger partial charge in [-0.1, -0.05) is 35.6 Å². The second kappa shape index (κ2) is 8.96. The van der Waals surface area contributed by atoms with Gasteiger partial charge in [0.1, 0.15) is 18.1 Å². The maximum Gasteiger partial charge on any atom is 0.307 e. The zero-order valence-electron chi connectivity index (χ0n) is 16.4. The van der Waals surface area contributed by atoms with E-state index in [0.717, 1.165) is 46.8 Å². The van der Waals surface area contributed by atoms with Gasteiger partial charge in [-0.05, 0) is 43.9 Å². The number of aromatic nitrogens is 3. The van der Waals surface area contributed by atoms with Gasteiger partial charge in [0, 0.05) is 17.8 Å². The number of aromatic hydroxyl groups is 1. The highest BCUT2D eigenvalue weighted by Crippen LogP contribution is 2.23. The number of hydrogen-bond donors (Lipinski definition) is 2. The van der Waals surface area contributed by atoms with Crippen LogP contribution in [0, 0.1) is 6.92 Å². The largest absolute Gasteiger partial charge is 0.494 e. The molecule has 0 unspecified atom stereocenters. The van der Waals surface area contributed by atoms with Crippen LogP contribution < -0.4 is 9.61 Å². The van der Waals surface area contributed by atoms with Crippen molar-refractivity contribution in [1.29, 1.82) is 0 Å². The zero-order chi connectivity index (χ0) is 20.9. The van der Waals surface area contributed by atoms with E-state index in [0.29, 0.717) is 23.1 Å². The van der Waals surface area contributed by atoms with E-state index in [1.165, 1.54) is 0 Å². The summed E-state index contributed by atoms with van der Waals surface area (Å²) < 4.78 is 11.5. The lowest BCUT2D eigenvalue weighted by Gasteiger charge is -2.05. The number of ether oxygens (including phenoxy) is 1. The first kappa shape index (κ1) is 19.9. The van der Waals surface area contributed by atoms with Crippen LogP contribution in [-0.4, -0.2) is 20.1 Å². The van der Waals surface area contributed by atoms with Gasteiger partial charge in [0.15, 0.2) is 0 Å². The normalized spacial score (nSPS) is 11.0. The fourth-order valence-corrected chi connectivity index (χ4v) is 3.79. The molecule has 3 aromatic heterocycles. The van der Waals surface area contributed by atoms with Crippen molar-refractivity contribution in [2.45, 2.75) is 32.8 Å². The molecule has 154 valence electrons. The number of nitrogens with zero attached hydrogens (tertiary/aromatic N) is 2. The summed E-state index contributed by atoms with van der Waals surface area (Å²) in [7, 11) is 0. The van der Waals surface area contributed by atoms with Crippen LogP contribution in [0.2, 0.25) is 0 Å².